The van der Waals surface area contributed by atoms with Gasteiger partial charge in [-0.05, 0) is 18.9 Å². The molecule has 2 aromatic heterocycles. The van der Waals surface area contributed by atoms with Gasteiger partial charge in [0.15, 0.2) is 0 Å². The van der Waals surface area contributed by atoms with Crippen LogP contribution in [0.2, 0.25) is 0 Å². The van der Waals surface area contributed by atoms with E-state index in [0.29, 0.717) is 12.1 Å². The maximum atomic E-state index is 12.5. The first kappa shape index (κ1) is 15.7. The molecule has 0 atom stereocenters. The fourth-order valence-electron chi connectivity index (χ4n) is 2.28. The third kappa shape index (κ3) is 2.85. The predicted octanol–water partition coefficient (Wildman–Crippen LogP) is 1.52. The van der Waals surface area contributed by atoms with Crippen molar-refractivity contribution in [2.75, 3.05) is 0 Å². The van der Waals surface area contributed by atoms with Gasteiger partial charge in [0, 0.05) is 12.1 Å². The molecule has 22 heavy (non-hydrogen) atoms. The summed E-state index contributed by atoms with van der Waals surface area (Å²) in [5.41, 5.74) is -1.34. The van der Waals surface area contributed by atoms with Gasteiger partial charge in [-0.2, -0.15) is 0 Å². The molecule has 2 rings (SSSR count). The molecule has 0 bridgehead atoms. The number of rotatable bonds is 5. The summed E-state index contributed by atoms with van der Waals surface area (Å²) in [5.74, 6) is 0.107. The SMILES string of the molecule is Cc1c([N+](=O)[O-])c(=O)n(Cc2ccoc2)c(=O)n1CC(C)C. The van der Waals surface area contributed by atoms with Gasteiger partial charge in [0.2, 0.25) is 0 Å². The molecule has 118 valence electrons. The van der Waals surface area contributed by atoms with Gasteiger partial charge in [-0.25, -0.2) is 9.36 Å². The van der Waals surface area contributed by atoms with E-state index in [1.165, 1.54) is 24.0 Å². The number of hydrogen-bond donors (Lipinski definition) is 0. The second-order valence-corrected chi connectivity index (χ2v) is 5.50. The zero-order chi connectivity index (χ0) is 16.4. The first-order valence-electron chi connectivity index (χ1n) is 6.82. The highest BCUT2D eigenvalue weighted by Crippen LogP contribution is 2.12. The summed E-state index contributed by atoms with van der Waals surface area (Å²) in [6.45, 7) is 5.45. The lowest BCUT2D eigenvalue weighted by atomic mass is 10.2. The topological polar surface area (TPSA) is 100 Å². The molecule has 0 aliphatic carbocycles. The second-order valence-electron chi connectivity index (χ2n) is 5.50. The molecule has 0 N–H and O–H groups in total. The molecule has 0 spiro atoms. The van der Waals surface area contributed by atoms with Crippen LogP contribution < -0.4 is 11.2 Å². The molecule has 0 unspecified atom stereocenters. The van der Waals surface area contributed by atoms with Crippen LogP contribution in [0.1, 0.15) is 25.1 Å². The van der Waals surface area contributed by atoms with Gasteiger partial charge in [0.25, 0.3) is 0 Å². The standard InChI is InChI=1S/C14H17N3O5/c1-9(2)6-15-10(3)12(17(20)21)13(18)16(14(15)19)7-11-4-5-22-8-11/h4-5,8-9H,6-7H2,1-3H3. The van der Waals surface area contributed by atoms with Crippen LogP contribution in [0, 0.1) is 23.0 Å². The van der Waals surface area contributed by atoms with Crippen LogP contribution in [0.15, 0.2) is 32.6 Å². The van der Waals surface area contributed by atoms with Crippen molar-refractivity contribution in [3.63, 3.8) is 0 Å². The second kappa shape index (κ2) is 6.00. The third-order valence-electron chi connectivity index (χ3n) is 3.31. The summed E-state index contributed by atoms with van der Waals surface area (Å²) in [6, 6.07) is 1.60. The van der Waals surface area contributed by atoms with Crippen LogP contribution in [0.25, 0.3) is 0 Å². The molecule has 0 aliphatic rings. The van der Waals surface area contributed by atoms with Gasteiger partial charge < -0.3 is 4.42 Å². The highest BCUT2D eigenvalue weighted by atomic mass is 16.6. The van der Waals surface area contributed by atoms with Gasteiger partial charge in [-0.15, -0.1) is 0 Å². The van der Waals surface area contributed by atoms with E-state index in [9.17, 15) is 19.7 Å². The molecule has 0 radical (unpaired) electrons. The molecule has 2 aromatic rings. The Morgan fingerprint density at radius 3 is 2.50 bits per heavy atom. The summed E-state index contributed by atoms with van der Waals surface area (Å²) in [7, 11) is 0. The van der Waals surface area contributed by atoms with E-state index in [0.717, 1.165) is 4.57 Å². The van der Waals surface area contributed by atoms with E-state index in [1.54, 1.807) is 6.07 Å². The van der Waals surface area contributed by atoms with Crippen molar-refractivity contribution < 1.29 is 9.34 Å². The molecular formula is C14H17N3O5. The number of nitro groups is 1. The Bertz CT molecular complexity index is 799. The molecule has 0 aliphatic heterocycles. The maximum absolute atomic E-state index is 12.5. The Balaban J connectivity index is 2.71. The first-order chi connectivity index (χ1) is 10.3. The lowest BCUT2D eigenvalue weighted by Crippen LogP contribution is -2.43. The highest BCUT2D eigenvalue weighted by molar-refractivity contribution is 5.32. The van der Waals surface area contributed by atoms with Crippen LogP contribution in [0.3, 0.4) is 0 Å². The summed E-state index contributed by atoms with van der Waals surface area (Å²) in [6.07, 6.45) is 2.81. The zero-order valence-corrected chi connectivity index (χ0v) is 12.6. The van der Waals surface area contributed by atoms with Crippen molar-refractivity contribution in [1.82, 2.24) is 9.13 Å². The normalized spacial score (nSPS) is 11.1. The third-order valence-corrected chi connectivity index (χ3v) is 3.31. The van der Waals surface area contributed by atoms with Gasteiger partial charge >= 0.3 is 16.9 Å². The Labute approximate surface area is 125 Å². The van der Waals surface area contributed by atoms with Crippen molar-refractivity contribution in [3.8, 4) is 0 Å². The number of hydrogen-bond acceptors (Lipinski definition) is 5. The van der Waals surface area contributed by atoms with E-state index >= 15 is 0 Å². The van der Waals surface area contributed by atoms with Crippen LogP contribution in [0.5, 0.6) is 0 Å². The van der Waals surface area contributed by atoms with E-state index in [4.69, 9.17) is 4.42 Å². The molecule has 0 saturated heterocycles. The number of nitrogens with zero attached hydrogens (tertiary/aromatic N) is 3. The maximum Gasteiger partial charge on any atom is 0.353 e. The fraction of sp³-hybridized carbons (Fsp3) is 0.429. The average molecular weight is 307 g/mol. The van der Waals surface area contributed by atoms with Crippen molar-refractivity contribution in [3.05, 3.63) is 60.8 Å². The molecule has 0 aromatic carbocycles. The minimum atomic E-state index is -0.895. The zero-order valence-electron chi connectivity index (χ0n) is 12.6. The molecule has 0 fully saturated rings. The van der Waals surface area contributed by atoms with Crippen molar-refractivity contribution >= 4 is 5.69 Å². The van der Waals surface area contributed by atoms with Gasteiger partial charge in [-0.1, -0.05) is 13.8 Å². The molecule has 2 heterocycles. The number of aromatic nitrogens is 2. The van der Waals surface area contributed by atoms with Crippen molar-refractivity contribution in [1.29, 1.82) is 0 Å². The quantitative estimate of drug-likeness (QED) is 0.616. The summed E-state index contributed by atoms with van der Waals surface area (Å²) < 4.78 is 7.06. The summed E-state index contributed by atoms with van der Waals surface area (Å²) >= 11 is 0. The minimum absolute atomic E-state index is 0.0621. The van der Waals surface area contributed by atoms with Gasteiger partial charge in [-0.3, -0.25) is 19.5 Å². The molecule has 0 amide bonds. The van der Waals surface area contributed by atoms with Crippen molar-refractivity contribution in [2.45, 2.75) is 33.9 Å². The van der Waals surface area contributed by atoms with E-state index < -0.39 is 21.9 Å². The minimum Gasteiger partial charge on any atom is -0.472 e. The lowest BCUT2D eigenvalue weighted by Gasteiger charge is -2.14. The van der Waals surface area contributed by atoms with Crippen LogP contribution in [-0.4, -0.2) is 14.1 Å². The summed E-state index contributed by atoms with van der Waals surface area (Å²) in [5, 5.41) is 11.2. The largest absolute Gasteiger partial charge is 0.472 e. The summed E-state index contributed by atoms with van der Waals surface area (Å²) in [4.78, 5) is 35.3. The monoisotopic (exact) mass is 307 g/mol. The first-order valence-corrected chi connectivity index (χ1v) is 6.82. The molecule has 8 nitrogen and oxygen atoms in total. The van der Waals surface area contributed by atoms with Crippen LogP contribution >= 0.6 is 0 Å². The van der Waals surface area contributed by atoms with Crippen LogP contribution in [0.4, 0.5) is 5.69 Å². The highest BCUT2D eigenvalue weighted by Gasteiger charge is 2.25. The molecule has 0 saturated carbocycles. The predicted molar refractivity (Wildman–Crippen MR) is 79.0 cm³/mol. The van der Waals surface area contributed by atoms with E-state index in [2.05, 4.69) is 0 Å². The smallest absolute Gasteiger partial charge is 0.353 e. The number of furan rings is 1. The van der Waals surface area contributed by atoms with Gasteiger partial charge in [0.1, 0.15) is 5.69 Å². The molecular weight excluding hydrogens is 290 g/mol. The Hall–Kier alpha value is -2.64. The van der Waals surface area contributed by atoms with Crippen molar-refractivity contribution in [2.24, 2.45) is 5.92 Å². The Morgan fingerprint density at radius 2 is 2.00 bits per heavy atom. The average Bonchev–Trinajstić information content (AvgIpc) is 2.92. The van der Waals surface area contributed by atoms with E-state index in [1.807, 2.05) is 13.8 Å². The van der Waals surface area contributed by atoms with E-state index in [-0.39, 0.29) is 18.2 Å². The van der Waals surface area contributed by atoms with Crippen LogP contribution in [-0.2, 0) is 13.1 Å². The Kier molecular flexibility index (Phi) is 4.30. The molecule has 8 heteroatoms. The Morgan fingerprint density at radius 1 is 1.32 bits per heavy atom. The fourth-order valence-corrected chi connectivity index (χ4v) is 2.28. The lowest BCUT2D eigenvalue weighted by molar-refractivity contribution is -0.387. The van der Waals surface area contributed by atoms with Gasteiger partial charge in [0.05, 0.1) is 24.0 Å².